The number of benzene rings is 1. The minimum atomic E-state index is -3.55. The highest BCUT2D eigenvalue weighted by Gasteiger charge is 2.29. The summed E-state index contributed by atoms with van der Waals surface area (Å²) >= 11 is 6.89. The van der Waals surface area contributed by atoms with E-state index in [2.05, 4.69) is 0 Å². The maximum atomic E-state index is 12.4. The number of sulfone groups is 1. The van der Waals surface area contributed by atoms with Crippen LogP contribution in [-0.2, 0) is 15.6 Å². The van der Waals surface area contributed by atoms with Crippen molar-refractivity contribution in [2.24, 2.45) is 0 Å². The van der Waals surface area contributed by atoms with Gasteiger partial charge in [-0.2, -0.15) is 0 Å². The molecule has 1 heterocycles. The van der Waals surface area contributed by atoms with Gasteiger partial charge in [0.15, 0.2) is 15.6 Å². The van der Waals surface area contributed by atoms with E-state index in [4.69, 9.17) is 11.6 Å². The van der Waals surface area contributed by atoms with Crippen LogP contribution in [0.3, 0.4) is 0 Å². The monoisotopic (exact) mass is 342 g/mol. The summed E-state index contributed by atoms with van der Waals surface area (Å²) in [7, 11) is -3.55. The number of ketones is 1. The molecule has 0 aliphatic heterocycles. The van der Waals surface area contributed by atoms with Crippen molar-refractivity contribution < 1.29 is 13.2 Å². The van der Waals surface area contributed by atoms with E-state index in [9.17, 15) is 13.2 Å². The Morgan fingerprint density at radius 1 is 1.29 bits per heavy atom. The molecule has 0 aliphatic carbocycles. The van der Waals surface area contributed by atoms with Crippen LogP contribution in [0, 0.1) is 6.92 Å². The molecule has 112 valence electrons. The van der Waals surface area contributed by atoms with Crippen LogP contribution >= 0.6 is 22.9 Å². The molecule has 0 bridgehead atoms. The Bertz CT molecular complexity index is 763. The first-order valence-electron chi connectivity index (χ1n) is 6.36. The third-order valence-electron chi connectivity index (χ3n) is 3.17. The zero-order valence-corrected chi connectivity index (χ0v) is 14.1. The molecule has 21 heavy (non-hydrogen) atoms. The quantitative estimate of drug-likeness (QED) is 0.774. The molecule has 0 spiro atoms. The number of carbonyl (C=O) groups is 1. The second-order valence-corrected chi connectivity index (χ2v) is 8.94. The molecule has 3 nitrogen and oxygen atoms in total. The number of rotatable bonds is 5. The lowest BCUT2D eigenvalue weighted by Crippen LogP contribution is -2.28. The zero-order chi connectivity index (χ0) is 15.6. The van der Waals surface area contributed by atoms with E-state index in [1.54, 1.807) is 18.2 Å². The molecule has 0 N–H and O–H groups in total. The van der Waals surface area contributed by atoms with Crippen molar-refractivity contribution in [2.75, 3.05) is 0 Å². The predicted molar refractivity (Wildman–Crippen MR) is 86.9 cm³/mol. The molecular weight excluding hydrogens is 328 g/mol. The number of thiophene rings is 1. The Labute approximate surface area is 133 Å². The van der Waals surface area contributed by atoms with Crippen molar-refractivity contribution in [1.29, 1.82) is 0 Å². The van der Waals surface area contributed by atoms with E-state index < -0.39 is 20.9 Å². The van der Waals surface area contributed by atoms with Gasteiger partial charge in [-0.3, -0.25) is 4.79 Å². The Hall–Kier alpha value is -1.17. The fraction of sp³-hybridized carbons (Fsp3) is 0.267. The molecule has 2 rings (SSSR count). The SMILES string of the molecule is Cc1cccc(CS(=O)(=O)C(C)C(=O)c2ccc(Cl)s2)c1. The molecule has 0 radical (unpaired) electrons. The molecule has 0 aliphatic rings. The molecule has 0 fully saturated rings. The fourth-order valence-electron chi connectivity index (χ4n) is 1.97. The van der Waals surface area contributed by atoms with Gasteiger partial charge < -0.3 is 0 Å². The first kappa shape index (κ1) is 16.2. The fourth-order valence-corrected chi connectivity index (χ4v) is 4.46. The normalized spacial score (nSPS) is 13.1. The van der Waals surface area contributed by atoms with Gasteiger partial charge in [-0.1, -0.05) is 41.4 Å². The minimum Gasteiger partial charge on any atom is -0.292 e. The van der Waals surface area contributed by atoms with Crippen molar-refractivity contribution in [3.8, 4) is 0 Å². The molecule has 0 saturated heterocycles. The standard InChI is InChI=1S/C15H15ClO3S2/c1-10-4-3-5-12(8-10)9-21(18,19)11(2)15(17)13-6-7-14(16)20-13/h3-8,11H,9H2,1-2H3. The van der Waals surface area contributed by atoms with Crippen LogP contribution in [0.15, 0.2) is 36.4 Å². The Morgan fingerprint density at radius 3 is 2.57 bits per heavy atom. The van der Waals surface area contributed by atoms with Crippen molar-refractivity contribution in [1.82, 2.24) is 0 Å². The van der Waals surface area contributed by atoms with E-state index in [-0.39, 0.29) is 5.75 Å². The first-order chi connectivity index (χ1) is 9.79. The largest absolute Gasteiger partial charge is 0.292 e. The van der Waals surface area contributed by atoms with Gasteiger partial charge in [0.1, 0.15) is 5.25 Å². The first-order valence-corrected chi connectivity index (χ1v) is 9.27. The molecule has 1 aromatic carbocycles. The molecule has 0 saturated carbocycles. The molecule has 1 aromatic heterocycles. The number of hydrogen-bond acceptors (Lipinski definition) is 4. The van der Waals surface area contributed by atoms with Crippen LogP contribution in [0.5, 0.6) is 0 Å². The van der Waals surface area contributed by atoms with Crippen molar-refractivity contribution in [3.05, 3.63) is 56.7 Å². The van der Waals surface area contributed by atoms with Crippen molar-refractivity contribution >= 4 is 38.6 Å². The lowest BCUT2D eigenvalue weighted by Gasteiger charge is -2.11. The number of carbonyl (C=O) groups excluding carboxylic acids is 1. The van der Waals surface area contributed by atoms with Crippen LogP contribution < -0.4 is 0 Å². The molecule has 6 heteroatoms. The molecule has 2 aromatic rings. The van der Waals surface area contributed by atoms with Gasteiger partial charge in [-0.15, -0.1) is 11.3 Å². The average molecular weight is 343 g/mol. The third kappa shape index (κ3) is 3.93. The third-order valence-corrected chi connectivity index (χ3v) is 6.45. The Morgan fingerprint density at radius 2 is 2.00 bits per heavy atom. The summed E-state index contributed by atoms with van der Waals surface area (Å²) in [5, 5.41) is -1.08. The highest BCUT2D eigenvalue weighted by Crippen LogP contribution is 2.25. The van der Waals surface area contributed by atoms with Crippen molar-refractivity contribution in [2.45, 2.75) is 24.9 Å². The molecule has 0 amide bonds. The number of aryl methyl sites for hydroxylation is 1. The summed E-state index contributed by atoms with van der Waals surface area (Å²) in [6.45, 7) is 3.33. The van der Waals surface area contributed by atoms with E-state index in [1.807, 2.05) is 25.1 Å². The summed E-state index contributed by atoms with van der Waals surface area (Å²) in [6.07, 6.45) is 0. The number of hydrogen-bond donors (Lipinski definition) is 0. The minimum absolute atomic E-state index is 0.138. The van der Waals surface area contributed by atoms with Gasteiger partial charge in [0.2, 0.25) is 0 Å². The highest BCUT2D eigenvalue weighted by atomic mass is 35.5. The number of halogens is 1. The average Bonchev–Trinajstić information content (AvgIpc) is 2.83. The topological polar surface area (TPSA) is 51.2 Å². The predicted octanol–water partition coefficient (Wildman–Crippen LogP) is 3.90. The van der Waals surface area contributed by atoms with Crippen LogP contribution in [0.25, 0.3) is 0 Å². The van der Waals surface area contributed by atoms with Crippen molar-refractivity contribution in [3.63, 3.8) is 0 Å². The molecular formula is C15H15ClO3S2. The lowest BCUT2D eigenvalue weighted by atomic mass is 10.2. The van der Waals surface area contributed by atoms with E-state index in [0.29, 0.717) is 14.8 Å². The van der Waals surface area contributed by atoms with Gasteiger partial charge in [-0.05, 0) is 31.5 Å². The number of Topliss-reactive ketones (excluding diaryl/α,β-unsaturated/α-hetero) is 1. The van der Waals surface area contributed by atoms with Crippen LogP contribution in [0.1, 0.15) is 27.7 Å². The highest BCUT2D eigenvalue weighted by molar-refractivity contribution is 7.92. The second kappa shape index (κ2) is 6.30. The van der Waals surface area contributed by atoms with Gasteiger partial charge in [0.25, 0.3) is 0 Å². The van der Waals surface area contributed by atoms with E-state index in [0.717, 1.165) is 16.9 Å². The summed E-state index contributed by atoms with van der Waals surface area (Å²) in [6, 6.07) is 10.4. The van der Waals surface area contributed by atoms with Gasteiger partial charge in [-0.25, -0.2) is 8.42 Å². The Kier molecular flexibility index (Phi) is 4.86. The van der Waals surface area contributed by atoms with Gasteiger partial charge in [0, 0.05) is 0 Å². The summed E-state index contributed by atoms with van der Waals surface area (Å²) < 4.78 is 25.2. The van der Waals surface area contributed by atoms with Crippen LogP contribution in [-0.4, -0.2) is 19.5 Å². The van der Waals surface area contributed by atoms with Crippen LogP contribution in [0.2, 0.25) is 4.34 Å². The molecule has 1 atom stereocenters. The Balaban J connectivity index is 2.21. The molecule has 1 unspecified atom stereocenters. The van der Waals surface area contributed by atoms with Gasteiger partial charge in [0.05, 0.1) is 15.0 Å². The van der Waals surface area contributed by atoms with Crippen LogP contribution in [0.4, 0.5) is 0 Å². The maximum absolute atomic E-state index is 12.4. The summed E-state index contributed by atoms with van der Waals surface area (Å²) in [4.78, 5) is 12.6. The van der Waals surface area contributed by atoms with Gasteiger partial charge >= 0.3 is 0 Å². The lowest BCUT2D eigenvalue weighted by molar-refractivity contribution is 0.0995. The second-order valence-electron chi connectivity index (χ2n) is 4.91. The summed E-state index contributed by atoms with van der Waals surface area (Å²) in [5.41, 5.74) is 1.69. The summed E-state index contributed by atoms with van der Waals surface area (Å²) in [5.74, 6) is -0.541. The van der Waals surface area contributed by atoms with E-state index >= 15 is 0 Å². The smallest absolute Gasteiger partial charge is 0.190 e. The zero-order valence-electron chi connectivity index (χ0n) is 11.7. The van der Waals surface area contributed by atoms with E-state index in [1.165, 1.54) is 6.92 Å². The maximum Gasteiger partial charge on any atom is 0.190 e.